The largest absolute Gasteiger partial charge is 0.379 e. The molecule has 0 saturated carbocycles. The van der Waals surface area contributed by atoms with E-state index in [0.717, 1.165) is 44.8 Å². The smallest absolute Gasteiger partial charge is 0.225 e. The van der Waals surface area contributed by atoms with Crippen molar-refractivity contribution >= 4 is 11.8 Å². The third kappa shape index (κ3) is 5.08. The fourth-order valence-electron chi connectivity index (χ4n) is 4.13. The maximum atomic E-state index is 12.9. The molecule has 2 aliphatic heterocycles. The predicted molar refractivity (Wildman–Crippen MR) is 104 cm³/mol. The van der Waals surface area contributed by atoms with Crippen molar-refractivity contribution in [2.75, 3.05) is 45.9 Å². The van der Waals surface area contributed by atoms with Gasteiger partial charge in [-0.05, 0) is 31.9 Å². The van der Waals surface area contributed by atoms with Crippen molar-refractivity contribution < 1.29 is 14.3 Å². The van der Waals surface area contributed by atoms with Crippen molar-refractivity contribution in [3.05, 3.63) is 35.9 Å². The summed E-state index contributed by atoms with van der Waals surface area (Å²) in [4.78, 5) is 29.5. The molecule has 6 heteroatoms. The molecule has 148 valence electrons. The summed E-state index contributed by atoms with van der Waals surface area (Å²) >= 11 is 0. The van der Waals surface area contributed by atoms with Crippen LogP contribution in [0.25, 0.3) is 0 Å². The molecule has 0 bridgehead atoms. The Kier molecular flexibility index (Phi) is 7.24. The number of ether oxygens (including phenoxy) is 1. The summed E-state index contributed by atoms with van der Waals surface area (Å²) in [5.74, 6) is 0.0212. The molecule has 27 heavy (non-hydrogen) atoms. The zero-order valence-corrected chi connectivity index (χ0v) is 16.2. The van der Waals surface area contributed by atoms with Crippen molar-refractivity contribution in [2.24, 2.45) is 5.92 Å². The lowest BCUT2D eigenvalue weighted by Gasteiger charge is -2.40. The van der Waals surface area contributed by atoms with Gasteiger partial charge in [0.05, 0.1) is 25.2 Å². The molecule has 0 aliphatic carbocycles. The highest BCUT2D eigenvalue weighted by atomic mass is 16.5. The van der Waals surface area contributed by atoms with E-state index < -0.39 is 0 Å². The van der Waals surface area contributed by atoms with Crippen LogP contribution in [0.2, 0.25) is 0 Å². The Bertz CT molecular complexity index is 616. The minimum Gasteiger partial charge on any atom is -0.379 e. The Morgan fingerprint density at radius 3 is 2.67 bits per heavy atom. The topological polar surface area (TPSA) is 61.9 Å². The standard InChI is InChI=1S/C21H31N3O3/c1-2-24-19(25)10-9-18(20(24)17-7-4-3-5-8-17)21(26)22-11-6-12-23-13-15-27-16-14-23/h3-5,7-8,18,20H,2,6,9-16H2,1H3,(H,22,26)/t18-,20+/m1/s1. The average molecular weight is 373 g/mol. The second-order valence-corrected chi connectivity index (χ2v) is 7.28. The third-order valence-electron chi connectivity index (χ3n) is 5.58. The van der Waals surface area contributed by atoms with E-state index in [1.807, 2.05) is 42.2 Å². The SMILES string of the molecule is CCN1C(=O)CC[C@@H](C(=O)NCCCN2CCOCC2)[C@@H]1c1ccccc1. The second-order valence-electron chi connectivity index (χ2n) is 7.28. The maximum absolute atomic E-state index is 12.9. The van der Waals surface area contributed by atoms with Crippen LogP contribution in [-0.2, 0) is 14.3 Å². The van der Waals surface area contributed by atoms with Gasteiger partial charge in [-0.3, -0.25) is 14.5 Å². The van der Waals surface area contributed by atoms with Gasteiger partial charge < -0.3 is 15.0 Å². The molecule has 2 fully saturated rings. The van der Waals surface area contributed by atoms with Gasteiger partial charge in [0.1, 0.15) is 0 Å². The molecule has 2 atom stereocenters. The first-order valence-electron chi connectivity index (χ1n) is 10.1. The average Bonchev–Trinajstić information content (AvgIpc) is 2.72. The van der Waals surface area contributed by atoms with Crippen molar-refractivity contribution in [2.45, 2.75) is 32.2 Å². The van der Waals surface area contributed by atoms with Crippen LogP contribution in [0, 0.1) is 5.92 Å². The van der Waals surface area contributed by atoms with E-state index in [-0.39, 0.29) is 23.8 Å². The first-order valence-corrected chi connectivity index (χ1v) is 10.1. The quantitative estimate of drug-likeness (QED) is 0.741. The number of benzene rings is 1. The van der Waals surface area contributed by atoms with Crippen LogP contribution in [0.3, 0.4) is 0 Å². The monoisotopic (exact) mass is 373 g/mol. The van der Waals surface area contributed by atoms with E-state index in [0.29, 0.717) is 25.9 Å². The molecule has 6 nitrogen and oxygen atoms in total. The molecule has 1 aromatic rings. The Morgan fingerprint density at radius 2 is 1.96 bits per heavy atom. The number of hydrogen-bond donors (Lipinski definition) is 1. The van der Waals surface area contributed by atoms with E-state index in [9.17, 15) is 9.59 Å². The highest BCUT2D eigenvalue weighted by molar-refractivity contribution is 5.85. The van der Waals surface area contributed by atoms with Gasteiger partial charge in [-0.25, -0.2) is 0 Å². The van der Waals surface area contributed by atoms with Crippen LogP contribution in [0.4, 0.5) is 0 Å². The number of morpholine rings is 1. The maximum Gasteiger partial charge on any atom is 0.225 e. The highest BCUT2D eigenvalue weighted by Gasteiger charge is 2.39. The fourth-order valence-corrected chi connectivity index (χ4v) is 4.13. The lowest BCUT2D eigenvalue weighted by Crippen LogP contribution is -2.48. The first kappa shape index (κ1) is 19.8. The van der Waals surface area contributed by atoms with Gasteiger partial charge in [0.2, 0.25) is 11.8 Å². The number of piperidine rings is 1. The van der Waals surface area contributed by atoms with E-state index in [4.69, 9.17) is 4.74 Å². The number of carbonyl (C=O) groups is 2. The molecule has 2 heterocycles. The Labute approximate surface area is 161 Å². The molecule has 0 radical (unpaired) electrons. The van der Waals surface area contributed by atoms with Gasteiger partial charge in [-0.15, -0.1) is 0 Å². The normalized spacial score (nSPS) is 24.0. The summed E-state index contributed by atoms with van der Waals surface area (Å²) in [5, 5.41) is 3.12. The summed E-state index contributed by atoms with van der Waals surface area (Å²) in [6, 6.07) is 9.77. The number of rotatable bonds is 7. The molecule has 0 unspecified atom stereocenters. The molecular formula is C21H31N3O3. The number of nitrogens with zero attached hydrogens (tertiary/aromatic N) is 2. The zero-order valence-electron chi connectivity index (χ0n) is 16.2. The molecule has 2 amide bonds. The number of hydrogen-bond acceptors (Lipinski definition) is 4. The number of nitrogens with one attached hydrogen (secondary N) is 1. The van der Waals surface area contributed by atoms with Crippen molar-refractivity contribution in [1.82, 2.24) is 15.1 Å². The van der Waals surface area contributed by atoms with Crippen LogP contribution >= 0.6 is 0 Å². The van der Waals surface area contributed by atoms with Crippen LogP contribution in [-0.4, -0.2) is 67.6 Å². The number of likely N-dealkylation sites (tertiary alicyclic amines) is 1. The first-order chi connectivity index (χ1) is 13.2. The lowest BCUT2D eigenvalue weighted by molar-refractivity contribution is -0.143. The number of carbonyl (C=O) groups excluding carboxylic acids is 2. The Hall–Kier alpha value is -1.92. The summed E-state index contributed by atoms with van der Waals surface area (Å²) in [7, 11) is 0. The summed E-state index contributed by atoms with van der Waals surface area (Å²) in [6.07, 6.45) is 2.00. The van der Waals surface area contributed by atoms with Crippen LogP contribution in [0.15, 0.2) is 30.3 Å². The minimum atomic E-state index is -0.187. The van der Waals surface area contributed by atoms with E-state index in [1.165, 1.54) is 0 Å². The second kappa shape index (κ2) is 9.85. The lowest BCUT2D eigenvalue weighted by atomic mass is 9.83. The highest BCUT2D eigenvalue weighted by Crippen LogP contribution is 2.36. The van der Waals surface area contributed by atoms with Gasteiger partial charge in [0.25, 0.3) is 0 Å². The predicted octanol–water partition coefficient (Wildman–Crippen LogP) is 1.82. The van der Waals surface area contributed by atoms with Gasteiger partial charge in [0, 0.05) is 32.6 Å². The molecule has 0 aromatic heterocycles. The summed E-state index contributed by atoms with van der Waals surface area (Å²) in [6.45, 7) is 7.81. The third-order valence-corrected chi connectivity index (χ3v) is 5.58. The Morgan fingerprint density at radius 1 is 1.22 bits per heavy atom. The molecular weight excluding hydrogens is 342 g/mol. The van der Waals surface area contributed by atoms with Crippen LogP contribution in [0.5, 0.6) is 0 Å². The van der Waals surface area contributed by atoms with Gasteiger partial charge in [0.15, 0.2) is 0 Å². The van der Waals surface area contributed by atoms with Crippen molar-refractivity contribution in [3.63, 3.8) is 0 Å². The molecule has 2 saturated heterocycles. The van der Waals surface area contributed by atoms with Crippen LogP contribution in [0.1, 0.15) is 37.8 Å². The van der Waals surface area contributed by atoms with E-state index >= 15 is 0 Å². The van der Waals surface area contributed by atoms with Gasteiger partial charge >= 0.3 is 0 Å². The van der Waals surface area contributed by atoms with E-state index in [2.05, 4.69) is 10.2 Å². The Balaban J connectivity index is 1.58. The molecule has 1 N–H and O–H groups in total. The summed E-state index contributed by atoms with van der Waals surface area (Å²) < 4.78 is 5.36. The van der Waals surface area contributed by atoms with Crippen LogP contribution < -0.4 is 5.32 Å². The summed E-state index contributed by atoms with van der Waals surface area (Å²) in [5.41, 5.74) is 1.04. The molecule has 0 spiro atoms. The van der Waals surface area contributed by atoms with Gasteiger partial charge in [-0.1, -0.05) is 30.3 Å². The fraction of sp³-hybridized carbons (Fsp3) is 0.619. The molecule has 1 aromatic carbocycles. The zero-order chi connectivity index (χ0) is 19.1. The van der Waals surface area contributed by atoms with Crippen molar-refractivity contribution in [3.8, 4) is 0 Å². The van der Waals surface area contributed by atoms with Crippen molar-refractivity contribution in [1.29, 1.82) is 0 Å². The molecule has 3 rings (SSSR count). The minimum absolute atomic E-state index is 0.0665. The van der Waals surface area contributed by atoms with E-state index in [1.54, 1.807) is 0 Å². The molecule has 2 aliphatic rings. The van der Waals surface area contributed by atoms with Gasteiger partial charge in [-0.2, -0.15) is 0 Å². The number of amides is 2.